The Bertz CT molecular complexity index is 374. The van der Waals surface area contributed by atoms with Gasteiger partial charge in [-0.1, -0.05) is 6.08 Å². The van der Waals surface area contributed by atoms with E-state index < -0.39 is 5.91 Å². The van der Waals surface area contributed by atoms with Crippen LogP contribution >= 0.6 is 11.6 Å². The number of fused-ring (bicyclic) bond motifs is 1. The number of nitrogens with zero attached hydrogens (tertiary/aromatic N) is 1. The lowest BCUT2D eigenvalue weighted by molar-refractivity contribution is -0.123. The first-order valence-electron chi connectivity index (χ1n) is 5.95. The van der Waals surface area contributed by atoms with Crippen LogP contribution in [0.4, 0.5) is 4.79 Å². The van der Waals surface area contributed by atoms with Crippen LogP contribution in [0, 0.1) is 11.8 Å². The Kier molecular flexibility index (Phi) is 4.08. The van der Waals surface area contributed by atoms with E-state index in [4.69, 9.17) is 17.3 Å². The Morgan fingerprint density at radius 1 is 1.56 bits per heavy atom. The number of amides is 3. The van der Waals surface area contributed by atoms with Gasteiger partial charge in [0.1, 0.15) is 0 Å². The van der Waals surface area contributed by atoms with Crippen molar-refractivity contribution < 1.29 is 9.59 Å². The summed E-state index contributed by atoms with van der Waals surface area (Å²) in [5.74, 6) is -0.338. The first kappa shape index (κ1) is 13.2. The fourth-order valence-electron chi connectivity index (χ4n) is 2.41. The van der Waals surface area contributed by atoms with Gasteiger partial charge in [0.05, 0.1) is 12.0 Å². The largest absolute Gasteiger partial charge is 0.369 e. The van der Waals surface area contributed by atoms with E-state index in [1.165, 1.54) is 4.90 Å². The molecule has 1 fully saturated rings. The van der Waals surface area contributed by atoms with Crippen LogP contribution in [0.1, 0.15) is 0 Å². The molecule has 2 aliphatic heterocycles. The SMILES string of the molecule is NC(=O)C1CNCC2C=CN(CCCl)C(=O)NC21. The third-order valence-electron chi connectivity index (χ3n) is 3.39. The lowest BCUT2D eigenvalue weighted by atomic mass is 9.84. The molecular weight excluding hydrogens is 256 g/mol. The van der Waals surface area contributed by atoms with Crippen LogP contribution in [0.3, 0.4) is 0 Å². The smallest absolute Gasteiger partial charge is 0.321 e. The average Bonchev–Trinajstić information content (AvgIpc) is 2.49. The van der Waals surface area contributed by atoms with Gasteiger partial charge in [0.25, 0.3) is 0 Å². The number of piperidine rings is 1. The van der Waals surface area contributed by atoms with Gasteiger partial charge in [-0.25, -0.2) is 4.79 Å². The normalized spacial score (nSPS) is 31.5. The number of primary amides is 1. The van der Waals surface area contributed by atoms with Crippen LogP contribution in [0.25, 0.3) is 0 Å². The van der Waals surface area contributed by atoms with Gasteiger partial charge in [0, 0.05) is 37.6 Å². The molecule has 3 unspecified atom stereocenters. The molecule has 2 heterocycles. The van der Waals surface area contributed by atoms with Crippen molar-refractivity contribution in [2.24, 2.45) is 17.6 Å². The van der Waals surface area contributed by atoms with Gasteiger partial charge in [0.2, 0.25) is 5.91 Å². The lowest BCUT2D eigenvalue weighted by Gasteiger charge is -2.35. The minimum atomic E-state index is -0.392. The predicted molar refractivity (Wildman–Crippen MR) is 67.9 cm³/mol. The lowest BCUT2D eigenvalue weighted by Crippen LogP contribution is -2.58. The van der Waals surface area contributed by atoms with Crippen molar-refractivity contribution in [3.63, 3.8) is 0 Å². The van der Waals surface area contributed by atoms with Gasteiger partial charge < -0.3 is 21.3 Å². The fraction of sp³-hybridized carbons (Fsp3) is 0.636. The zero-order valence-corrected chi connectivity index (χ0v) is 10.7. The molecule has 0 radical (unpaired) electrons. The summed E-state index contributed by atoms with van der Waals surface area (Å²) in [4.78, 5) is 24.9. The van der Waals surface area contributed by atoms with Crippen molar-refractivity contribution in [3.8, 4) is 0 Å². The molecule has 2 aliphatic rings. The monoisotopic (exact) mass is 272 g/mol. The van der Waals surface area contributed by atoms with E-state index in [0.29, 0.717) is 19.0 Å². The number of hydrogen-bond acceptors (Lipinski definition) is 3. The van der Waals surface area contributed by atoms with Gasteiger partial charge >= 0.3 is 6.03 Å². The second-order valence-electron chi connectivity index (χ2n) is 4.53. The van der Waals surface area contributed by atoms with Crippen molar-refractivity contribution >= 4 is 23.5 Å². The molecule has 1 saturated heterocycles. The Hall–Kier alpha value is -1.27. The summed E-state index contributed by atoms with van der Waals surface area (Å²) >= 11 is 5.64. The van der Waals surface area contributed by atoms with Crippen molar-refractivity contribution in [3.05, 3.63) is 12.3 Å². The fourth-order valence-corrected chi connectivity index (χ4v) is 2.59. The Morgan fingerprint density at radius 2 is 2.33 bits per heavy atom. The summed E-state index contributed by atoms with van der Waals surface area (Å²) in [6.07, 6.45) is 3.66. The Labute approximate surface area is 111 Å². The van der Waals surface area contributed by atoms with Gasteiger partial charge in [-0.15, -0.1) is 11.6 Å². The molecule has 7 heteroatoms. The number of carbonyl (C=O) groups is 2. The van der Waals surface area contributed by atoms with Gasteiger partial charge in [-0.05, 0) is 0 Å². The molecule has 0 aromatic heterocycles. The van der Waals surface area contributed by atoms with E-state index in [9.17, 15) is 9.59 Å². The maximum absolute atomic E-state index is 12.0. The molecular formula is C11H17ClN4O2. The molecule has 18 heavy (non-hydrogen) atoms. The quantitative estimate of drug-likeness (QED) is 0.603. The van der Waals surface area contributed by atoms with Crippen molar-refractivity contribution in [1.82, 2.24) is 15.5 Å². The standard InChI is InChI=1S/C11H17ClN4O2/c12-2-4-16-3-1-7-5-14-6-8(10(13)17)9(7)15-11(16)18/h1,3,7-9,14H,2,4-6H2,(H2,13,17)(H,15,18). The zero-order chi connectivity index (χ0) is 13.1. The minimum absolute atomic E-state index is 0.0699. The van der Waals surface area contributed by atoms with Crippen LogP contribution in [-0.4, -0.2) is 48.4 Å². The summed E-state index contributed by atoms with van der Waals surface area (Å²) in [6.45, 7) is 1.66. The summed E-state index contributed by atoms with van der Waals surface area (Å²) in [5.41, 5.74) is 5.37. The van der Waals surface area contributed by atoms with Crippen LogP contribution in [0.15, 0.2) is 12.3 Å². The number of nitrogens with one attached hydrogen (secondary N) is 2. The van der Waals surface area contributed by atoms with Crippen molar-refractivity contribution in [1.29, 1.82) is 0 Å². The summed E-state index contributed by atoms with van der Waals surface area (Å²) in [5, 5.41) is 6.03. The highest BCUT2D eigenvalue weighted by molar-refractivity contribution is 6.18. The molecule has 0 aliphatic carbocycles. The molecule has 0 aromatic rings. The molecule has 3 amide bonds. The highest BCUT2D eigenvalue weighted by Gasteiger charge is 2.38. The van der Waals surface area contributed by atoms with Gasteiger partial charge in [-0.3, -0.25) is 4.79 Å². The number of hydrogen-bond donors (Lipinski definition) is 3. The third-order valence-corrected chi connectivity index (χ3v) is 3.56. The number of carbonyl (C=O) groups excluding carboxylic acids is 2. The maximum atomic E-state index is 12.0. The second kappa shape index (κ2) is 5.58. The topological polar surface area (TPSA) is 87.5 Å². The van der Waals surface area contributed by atoms with Crippen LogP contribution in [0.5, 0.6) is 0 Å². The molecule has 6 nitrogen and oxygen atoms in total. The third kappa shape index (κ3) is 2.59. The molecule has 100 valence electrons. The molecule has 0 bridgehead atoms. The predicted octanol–water partition coefficient (Wildman–Crippen LogP) is -0.546. The summed E-state index contributed by atoms with van der Waals surface area (Å²) in [7, 11) is 0. The number of halogens is 1. The Morgan fingerprint density at radius 3 is 3.00 bits per heavy atom. The zero-order valence-electron chi connectivity index (χ0n) is 9.93. The number of urea groups is 1. The van der Waals surface area contributed by atoms with E-state index >= 15 is 0 Å². The number of nitrogens with two attached hydrogens (primary N) is 1. The number of rotatable bonds is 3. The first-order valence-corrected chi connectivity index (χ1v) is 6.48. The number of alkyl halides is 1. The molecule has 0 saturated carbocycles. The Balaban J connectivity index is 2.17. The van der Waals surface area contributed by atoms with Crippen LogP contribution in [-0.2, 0) is 4.79 Å². The summed E-state index contributed by atoms with van der Waals surface area (Å²) < 4.78 is 0. The van der Waals surface area contributed by atoms with E-state index in [1.54, 1.807) is 6.20 Å². The summed E-state index contributed by atoms with van der Waals surface area (Å²) in [6, 6.07) is -0.472. The van der Waals surface area contributed by atoms with E-state index in [2.05, 4.69) is 10.6 Å². The van der Waals surface area contributed by atoms with Crippen molar-refractivity contribution in [2.45, 2.75) is 6.04 Å². The van der Waals surface area contributed by atoms with Gasteiger partial charge in [-0.2, -0.15) is 0 Å². The molecule has 3 atom stereocenters. The maximum Gasteiger partial charge on any atom is 0.321 e. The van der Waals surface area contributed by atoms with Gasteiger partial charge in [0.15, 0.2) is 0 Å². The molecule has 4 N–H and O–H groups in total. The highest BCUT2D eigenvalue weighted by Crippen LogP contribution is 2.21. The van der Waals surface area contributed by atoms with E-state index in [1.807, 2.05) is 6.08 Å². The van der Waals surface area contributed by atoms with E-state index in [-0.39, 0.29) is 23.9 Å². The van der Waals surface area contributed by atoms with Crippen LogP contribution < -0.4 is 16.4 Å². The first-order chi connectivity index (χ1) is 8.63. The second-order valence-corrected chi connectivity index (χ2v) is 4.91. The average molecular weight is 273 g/mol. The van der Waals surface area contributed by atoms with Crippen molar-refractivity contribution in [2.75, 3.05) is 25.5 Å². The highest BCUT2D eigenvalue weighted by atomic mass is 35.5. The molecule has 0 spiro atoms. The van der Waals surface area contributed by atoms with E-state index in [0.717, 1.165) is 6.54 Å². The molecule has 2 rings (SSSR count). The molecule has 0 aromatic carbocycles. The minimum Gasteiger partial charge on any atom is -0.369 e. The van der Waals surface area contributed by atoms with Crippen LogP contribution in [0.2, 0.25) is 0 Å².